The molecule has 0 saturated heterocycles. The summed E-state index contributed by atoms with van der Waals surface area (Å²) < 4.78 is 0. The van der Waals surface area contributed by atoms with Crippen molar-refractivity contribution in [2.75, 3.05) is 32.5 Å². The molecular weight excluding hydrogens is 276 g/mol. The zero-order valence-electron chi connectivity index (χ0n) is 13.8. The van der Waals surface area contributed by atoms with Crippen LogP contribution in [-0.2, 0) is 0 Å². The first-order valence-electron chi connectivity index (χ1n) is 8.30. The molecule has 1 heterocycles. The second-order valence-electron chi connectivity index (χ2n) is 6.32. The summed E-state index contributed by atoms with van der Waals surface area (Å²) in [5, 5.41) is 6.42. The lowest BCUT2D eigenvalue weighted by Crippen LogP contribution is -2.34. The molecular formula is C17H28N4O. The van der Waals surface area contributed by atoms with E-state index in [2.05, 4.69) is 20.5 Å². The molecule has 1 aromatic rings. The van der Waals surface area contributed by atoms with Crippen LogP contribution < -0.4 is 10.6 Å². The van der Waals surface area contributed by atoms with E-state index in [-0.39, 0.29) is 5.91 Å². The van der Waals surface area contributed by atoms with Gasteiger partial charge in [0, 0.05) is 19.1 Å². The maximum Gasteiger partial charge on any atom is 0.270 e. The number of amides is 1. The summed E-state index contributed by atoms with van der Waals surface area (Å²) in [6.45, 7) is 1.83. The first kappa shape index (κ1) is 16.7. The van der Waals surface area contributed by atoms with E-state index in [0.29, 0.717) is 11.7 Å². The van der Waals surface area contributed by atoms with Crippen LogP contribution in [-0.4, -0.2) is 49.0 Å². The van der Waals surface area contributed by atoms with Gasteiger partial charge in [0.1, 0.15) is 5.69 Å². The van der Waals surface area contributed by atoms with Gasteiger partial charge in [-0.3, -0.25) is 4.79 Å². The molecule has 5 heteroatoms. The van der Waals surface area contributed by atoms with Crippen LogP contribution in [0.15, 0.2) is 18.3 Å². The minimum absolute atomic E-state index is 0.0493. The Labute approximate surface area is 133 Å². The largest absolute Gasteiger partial charge is 0.383 e. The molecule has 0 unspecified atom stereocenters. The van der Waals surface area contributed by atoms with E-state index in [1.165, 1.54) is 25.7 Å². The predicted molar refractivity (Wildman–Crippen MR) is 90.2 cm³/mol. The molecule has 1 fully saturated rings. The van der Waals surface area contributed by atoms with Gasteiger partial charge in [-0.1, -0.05) is 25.7 Å². The summed E-state index contributed by atoms with van der Waals surface area (Å²) in [7, 11) is 4.09. The third-order valence-corrected chi connectivity index (χ3v) is 4.07. The summed E-state index contributed by atoms with van der Waals surface area (Å²) in [6.07, 6.45) is 8.93. The van der Waals surface area contributed by atoms with Crippen LogP contribution in [0.4, 0.5) is 5.69 Å². The van der Waals surface area contributed by atoms with Crippen molar-refractivity contribution in [3.63, 3.8) is 0 Å². The highest BCUT2D eigenvalue weighted by Crippen LogP contribution is 2.17. The number of rotatable bonds is 6. The fraction of sp³-hybridized carbons (Fsp3) is 0.647. The molecule has 22 heavy (non-hydrogen) atoms. The van der Waals surface area contributed by atoms with E-state index in [4.69, 9.17) is 0 Å². The van der Waals surface area contributed by atoms with Crippen molar-refractivity contribution in [1.82, 2.24) is 15.2 Å². The van der Waals surface area contributed by atoms with Gasteiger partial charge >= 0.3 is 0 Å². The van der Waals surface area contributed by atoms with Gasteiger partial charge in [-0.2, -0.15) is 0 Å². The molecule has 0 bridgehead atoms. The smallest absolute Gasteiger partial charge is 0.270 e. The second-order valence-corrected chi connectivity index (χ2v) is 6.32. The highest BCUT2D eigenvalue weighted by atomic mass is 16.1. The van der Waals surface area contributed by atoms with E-state index in [1.807, 2.05) is 20.2 Å². The van der Waals surface area contributed by atoms with Crippen molar-refractivity contribution in [3.05, 3.63) is 24.0 Å². The number of aromatic nitrogens is 1. The Kier molecular flexibility index (Phi) is 6.65. The molecule has 0 aliphatic heterocycles. The molecule has 2 N–H and O–H groups in total. The molecule has 1 saturated carbocycles. The molecule has 0 spiro atoms. The molecule has 5 nitrogen and oxygen atoms in total. The third kappa shape index (κ3) is 5.64. The van der Waals surface area contributed by atoms with Crippen molar-refractivity contribution in [1.29, 1.82) is 0 Å². The van der Waals surface area contributed by atoms with Crippen molar-refractivity contribution in [2.45, 2.75) is 44.6 Å². The van der Waals surface area contributed by atoms with Crippen LogP contribution >= 0.6 is 0 Å². The predicted octanol–water partition coefficient (Wildman–Crippen LogP) is 2.51. The summed E-state index contributed by atoms with van der Waals surface area (Å²) >= 11 is 0. The summed E-state index contributed by atoms with van der Waals surface area (Å²) in [6, 6.07) is 4.03. The van der Waals surface area contributed by atoms with Crippen LogP contribution in [0.25, 0.3) is 0 Å². The highest BCUT2D eigenvalue weighted by Gasteiger charge is 2.16. The first-order chi connectivity index (χ1) is 10.6. The number of hydrogen-bond donors (Lipinski definition) is 2. The van der Waals surface area contributed by atoms with Crippen molar-refractivity contribution >= 4 is 11.6 Å². The average Bonchev–Trinajstić information content (AvgIpc) is 2.76. The molecule has 1 aliphatic carbocycles. The Morgan fingerprint density at radius 2 is 1.95 bits per heavy atom. The highest BCUT2D eigenvalue weighted by molar-refractivity contribution is 5.92. The standard InChI is InChI=1S/C17H28N4O/c1-21(2)12-11-18-15-9-10-16(19-13-15)17(22)20-14-7-5-3-4-6-8-14/h9-10,13-14,18H,3-8,11-12H2,1-2H3,(H,20,22). The number of carbonyl (C=O) groups is 1. The number of hydrogen-bond acceptors (Lipinski definition) is 4. The monoisotopic (exact) mass is 304 g/mol. The van der Waals surface area contributed by atoms with Gasteiger partial charge in [0.15, 0.2) is 0 Å². The summed E-state index contributed by atoms with van der Waals surface area (Å²) in [4.78, 5) is 18.6. The topological polar surface area (TPSA) is 57.3 Å². The lowest BCUT2D eigenvalue weighted by atomic mass is 10.1. The fourth-order valence-electron chi connectivity index (χ4n) is 2.74. The van der Waals surface area contributed by atoms with E-state index in [9.17, 15) is 4.79 Å². The molecule has 1 aliphatic rings. The van der Waals surface area contributed by atoms with Crippen LogP contribution in [0.1, 0.15) is 49.0 Å². The van der Waals surface area contributed by atoms with Gasteiger partial charge < -0.3 is 15.5 Å². The van der Waals surface area contributed by atoms with Crippen LogP contribution in [0.3, 0.4) is 0 Å². The quantitative estimate of drug-likeness (QED) is 0.793. The molecule has 0 radical (unpaired) electrons. The van der Waals surface area contributed by atoms with Gasteiger partial charge in [0.2, 0.25) is 0 Å². The molecule has 122 valence electrons. The summed E-state index contributed by atoms with van der Waals surface area (Å²) in [5.41, 5.74) is 1.45. The third-order valence-electron chi connectivity index (χ3n) is 4.07. The lowest BCUT2D eigenvalue weighted by Gasteiger charge is -2.16. The Balaban J connectivity index is 1.82. The molecule has 2 rings (SSSR count). The van der Waals surface area contributed by atoms with Crippen LogP contribution in [0.2, 0.25) is 0 Å². The number of likely N-dealkylation sites (N-methyl/N-ethyl adjacent to an activating group) is 1. The van der Waals surface area contributed by atoms with Gasteiger partial charge in [-0.05, 0) is 39.1 Å². The SMILES string of the molecule is CN(C)CCNc1ccc(C(=O)NC2CCCCCC2)nc1. The molecule has 0 atom stereocenters. The lowest BCUT2D eigenvalue weighted by molar-refractivity contribution is 0.0928. The minimum Gasteiger partial charge on any atom is -0.383 e. The second kappa shape index (κ2) is 8.73. The number of pyridine rings is 1. The average molecular weight is 304 g/mol. The molecule has 1 amide bonds. The number of nitrogens with one attached hydrogen (secondary N) is 2. The van der Waals surface area contributed by atoms with Gasteiger partial charge in [-0.25, -0.2) is 4.98 Å². The van der Waals surface area contributed by atoms with Crippen molar-refractivity contribution in [3.8, 4) is 0 Å². The summed E-state index contributed by atoms with van der Waals surface area (Å²) in [5.74, 6) is -0.0493. The van der Waals surface area contributed by atoms with E-state index in [1.54, 1.807) is 12.3 Å². The molecule has 1 aromatic heterocycles. The zero-order chi connectivity index (χ0) is 15.8. The van der Waals surface area contributed by atoms with Gasteiger partial charge in [-0.15, -0.1) is 0 Å². The Hall–Kier alpha value is -1.62. The maximum atomic E-state index is 12.2. The fourth-order valence-corrected chi connectivity index (χ4v) is 2.74. The van der Waals surface area contributed by atoms with E-state index in [0.717, 1.165) is 31.6 Å². The van der Waals surface area contributed by atoms with E-state index < -0.39 is 0 Å². The Morgan fingerprint density at radius 3 is 2.55 bits per heavy atom. The minimum atomic E-state index is -0.0493. The normalized spacial score (nSPS) is 16.3. The molecule has 0 aromatic carbocycles. The maximum absolute atomic E-state index is 12.2. The van der Waals surface area contributed by atoms with Crippen molar-refractivity contribution in [2.24, 2.45) is 0 Å². The van der Waals surface area contributed by atoms with Gasteiger partial charge in [0.05, 0.1) is 11.9 Å². The Bertz CT molecular complexity index is 450. The Morgan fingerprint density at radius 1 is 1.23 bits per heavy atom. The van der Waals surface area contributed by atoms with Crippen molar-refractivity contribution < 1.29 is 4.79 Å². The van der Waals surface area contributed by atoms with Gasteiger partial charge in [0.25, 0.3) is 5.91 Å². The zero-order valence-corrected chi connectivity index (χ0v) is 13.8. The van der Waals surface area contributed by atoms with Crippen LogP contribution in [0.5, 0.6) is 0 Å². The van der Waals surface area contributed by atoms with Crippen LogP contribution in [0, 0.1) is 0 Å². The van der Waals surface area contributed by atoms with E-state index >= 15 is 0 Å². The first-order valence-corrected chi connectivity index (χ1v) is 8.30. The number of anilines is 1. The number of nitrogens with zero attached hydrogens (tertiary/aromatic N) is 2. The number of carbonyl (C=O) groups excluding carboxylic acids is 1.